The van der Waals surface area contributed by atoms with Gasteiger partial charge in [-0.05, 0) is 6.08 Å². The van der Waals surface area contributed by atoms with Crippen LogP contribution in [0, 0.1) is 0 Å². The van der Waals surface area contributed by atoms with Crippen molar-refractivity contribution in [3.63, 3.8) is 0 Å². The molecule has 0 bridgehead atoms. The number of hydrogen-bond acceptors (Lipinski definition) is 4. The molecule has 0 amide bonds. The average molecular weight is 229 g/mol. The first-order valence-corrected chi connectivity index (χ1v) is 3.47. The summed E-state index contributed by atoms with van der Waals surface area (Å²) in [5, 5.41) is 9.74. The van der Waals surface area contributed by atoms with E-state index < -0.39 is 30.9 Å². The second kappa shape index (κ2) is 5.32. The number of halogens is 4. The number of rotatable bonds is 5. The molecule has 0 atom stereocenters. The minimum absolute atomic E-state index is 0.225. The largest absolute Gasteiger partial charge is 0.545 e. The summed E-state index contributed by atoms with van der Waals surface area (Å²) in [5.74, 6) is -7.67. The zero-order valence-corrected chi connectivity index (χ0v) is 7.08. The molecule has 0 aliphatic rings. The van der Waals surface area contributed by atoms with Gasteiger partial charge < -0.3 is 14.6 Å². The van der Waals surface area contributed by atoms with E-state index in [0.29, 0.717) is 0 Å². The Bertz CT molecular complexity index is 274. The van der Waals surface area contributed by atoms with Gasteiger partial charge in [-0.25, -0.2) is 13.6 Å². The Morgan fingerprint density at radius 1 is 1.33 bits per heavy atom. The molecule has 0 N–H and O–H groups in total. The van der Waals surface area contributed by atoms with Crippen LogP contribution in [0.25, 0.3) is 0 Å². The molecule has 4 nitrogen and oxygen atoms in total. The number of carboxylic acid groups (broad SMARTS) is 1. The highest BCUT2D eigenvalue weighted by atomic mass is 19.3. The summed E-state index contributed by atoms with van der Waals surface area (Å²) in [6, 6.07) is 0. The summed E-state index contributed by atoms with van der Waals surface area (Å²) in [7, 11) is 0. The maximum absolute atomic E-state index is 12.1. The summed E-state index contributed by atoms with van der Waals surface area (Å²) in [6.45, 7) is -1.82. The van der Waals surface area contributed by atoms with E-state index in [1.165, 1.54) is 0 Å². The fourth-order valence-electron chi connectivity index (χ4n) is 0.415. The van der Waals surface area contributed by atoms with Crippen LogP contribution >= 0.6 is 0 Å². The van der Waals surface area contributed by atoms with Gasteiger partial charge in [-0.1, -0.05) is 0 Å². The van der Waals surface area contributed by atoms with E-state index in [-0.39, 0.29) is 12.2 Å². The molecule has 0 unspecified atom stereocenters. The summed E-state index contributed by atoms with van der Waals surface area (Å²) >= 11 is 0. The van der Waals surface area contributed by atoms with Crippen molar-refractivity contribution in [3.05, 3.63) is 12.2 Å². The fourth-order valence-corrected chi connectivity index (χ4v) is 0.415. The van der Waals surface area contributed by atoms with E-state index >= 15 is 0 Å². The van der Waals surface area contributed by atoms with Crippen LogP contribution in [-0.4, -0.2) is 30.9 Å². The van der Waals surface area contributed by atoms with Crippen molar-refractivity contribution in [3.8, 4) is 0 Å². The van der Waals surface area contributed by atoms with Crippen LogP contribution in [-0.2, 0) is 14.3 Å². The molecular weight excluding hydrogens is 224 g/mol. The van der Waals surface area contributed by atoms with Gasteiger partial charge in [0.2, 0.25) is 0 Å². The SMILES string of the molecule is O=C([O-])/C=C/C(=O)OCC(F)(F)C(F)F. The Balaban J connectivity index is 4.06. The van der Waals surface area contributed by atoms with Crippen molar-refractivity contribution in [2.75, 3.05) is 6.61 Å². The Labute approximate surface area is 81.1 Å². The summed E-state index contributed by atoms with van der Waals surface area (Å²) in [4.78, 5) is 20.2. The van der Waals surface area contributed by atoms with Gasteiger partial charge in [0.25, 0.3) is 0 Å². The average Bonchev–Trinajstić information content (AvgIpc) is 2.11. The fraction of sp³-hybridized carbons (Fsp3) is 0.429. The quantitative estimate of drug-likeness (QED) is 0.370. The van der Waals surface area contributed by atoms with E-state index in [1.807, 2.05) is 0 Å². The number of esters is 1. The summed E-state index contributed by atoms with van der Waals surface area (Å²) in [6.07, 6.45) is -3.46. The molecule has 0 spiro atoms. The van der Waals surface area contributed by atoms with Gasteiger partial charge in [0.15, 0.2) is 6.61 Å². The minimum atomic E-state index is -4.45. The minimum Gasteiger partial charge on any atom is -0.545 e. The lowest BCUT2D eigenvalue weighted by Crippen LogP contribution is -2.33. The highest BCUT2D eigenvalue weighted by Gasteiger charge is 2.42. The van der Waals surface area contributed by atoms with Crippen LogP contribution in [0.3, 0.4) is 0 Å². The smallest absolute Gasteiger partial charge is 0.340 e. The predicted octanol–water partition coefficient (Wildman–Crippen LogP) is -0.264. The third-order valence-corrected chi connectivity index (χ3v) is 1.08. The number of carboxylic acids is 1. The normalized spacial score (nSPS) is 12.1. The van der Waals surface area contributed by atoms with Crippen LogP contribution in [0.15, 0.2) is 12.2 Å². The van der Waals surface area contributed by atoms with Gasteiger partial charge in [0, 0.05) is 6.08 Å². The lowest BCUT2D eigenvalue weighted by atomic mass is 10.4. The summed E-state index contributed by atoms with van der Waals surface area (Å²) in [5.41, 5.74) is 0. The third kappa shape index (κ3) is 5.66. The van der Waals surface area contributed by atoms with Crippen LogP contribution in [0.4, 0.5) is 17.6 Å². The molecule has 0 rings (SSSR count). The highest BCUT2D eigenvalue weighted by Crippen LogP contribution is 2.22. The zero-order valence-electron chi connectivity index (χ0n) is 7.08. The van der Waals surface area contributed by atoms with Crippen molar-refractivity contribution in [1.82, 2.24) is 0 Å². The Morgan fingerprint density at radius 2 is 1.87 bits per heavy atom. The Kier molecular flexibility index (Phi) is 4.75. The standard InChI is InChI=1S/C7H6F4O4/c8-6(9)7(10,11)3-15-5(14)2-1-4(12)13/h1-2,6H,3H2,(H,12,13)/p-1/b2-1+. The lowest BCUT2D eigenvalue weighted by Gasteiger charge is -2.13. The van der Waals surface area contributed by atoms with E-state index in [9.17, 15) is 32.3 Å². The van der Waals surface area contributed by atoms with Crippen molar-refractivity contribution in [2.45, 2.75) is 12.3 Å². The second-order valence-electron chi connectivity index (χ2n) is 2.32. The van der Waals surface area contributed by atoms with Gasteiger partial charge in [0.05, 0.1) is 5.97 Å². The first-order valence-electron chi connectivity index (χ1n) is 3.47. The number of aliphatic carboxylic acids is 1. The van der Waals surface area contributed by atoms with Gasteiger partial charge in [-0.15, -0.1) is 0 Å². The monoisotopic (exact) mass is 229 g/mol. The molecule has 0 radical (unpaired) electrons. The van der Waals surface area contributed by atoms with E-state index in [2.05, 4.69) is 4.74 Å². The molecule has 0 aromatic rings. The van der Waals surface area contributed by atoms with E-state index in [4.69, 9.17) is 0 Å². The molecule has 0 aliphatic carbocycles. The van der Waals surface area contributed by atoms with Gasteiger partial charge in [0.1, 0.15) is 0 Å². The van der Waals surface area contributed by atoms with E-state index in [0.717, 1.165) is 0 Å². The van der Waals surface area contributed by atoms with Gasteiger partial charge in [-0.3, -0.25) is 0 Å². The third-order valence-electron chi connectivity index (χ3n) is 1.08. The second-order valence-corrected chi connectivity index (χ2v) is 2.32. The maximum Gasteiger partial charge on any atom is 0.340 e. The van der Waals surface area contributed by atoms with Crippen molar-refractivity contribution in [2.24, 2.45) is 0 Å². The Hall–Kier alpha value is -1.60. The van der Waals surface area contributed by atoms with Crippen LogP contribution in [0.2, 0.25) is 0 Å². The first-order chi connectivity index (χ1) is 6.75. The van der Waals surface area contributed by atoms with Crippen LogP contribution < -0.4 is 5.11 Å². The number of hydrogen-bond donors (Lipinski definition) is 0. The first kappa shape index (κ1) is 13.4. The summed E-state index contributed by atoms with van der Waals surface area (Å²) < 4.78 is 51.0. The molecule has 0 aliphatic heterocycles. The van der Waals surface area contributed by atoms with Crippen LogP contribution in [0.5, 0.6) is 0 Å². The number of carbonyl (C=O) groups is 2. The molecule has 0 saturated carbocycles. The van der Waals surface area contributed by atoms with Crippen LogP contribution in [0.1, 0.15) is 0 Å². The zero-order chi connectivity index (χ0) is 12.1. The van der Waals surface area contributed by atoms with E-state index in [1.54, 1.807) is 0 Å². The van der Waals surface area contributed by atoms with Gasteiger partial charge in [-0.2, -0.15) is 8.78 Å². The topological polar surface area (TPSA) is 66.4 Å². The molecule has 8 heteroatoms. The number of carbonyl (C=O) groups excluding carboxylic acids is 2. The molecule has 15 heavy (non-hydrogen) atoms. The molecule has 0 aromatic carbocycles. The molecular formula is C7H5F4O4-. The van der Waals surface area contributed by atoms with Crippen molar-refractivity contribution in [1.29, 1.82) is 0 Å². The molecule has 86 valence electrons. The molecule has 0 aromatic heterocycles. The molecule has 0 fully saturated rings. The Morgan fingerprint density at radius 3 is 2.27 bits per heavy atom. The molecule has 0 saturated heterocycles. The number of ether oxygens (including phenoxy) is 1. The maximum atomic E-state index is 12.1. The molecule has 0 heterocycles. The highest BCUT2D eigenvalue weighted by molar-refractivity contribution is 5.89. The number of alkyl halides is 4. The van der Waals surface area contributed by atoms with Crippen molar-refractivity contribution >= 4 is 11.9 Å². The van der Waals surface area contributed by atoms with Crippen molar-refractivity contribution < 1.29 is 37.0 Å². The predicted molar refractivity (Wildman–Crippen MR) is 36.1 cm³/mol. The van der Waals surface area contributed by atoms with Gasteiger partial charge >= 0.3 is 18.3 Å². The lowest BCUT2D eigenvalue weighted by molar-refractivity contribution is -0.297.